The topological polar surface area (TPSA) is 92.5 Å². The molecule has 2 aliphatic rings. The average molecular weight is 452 g/mol. The zero-order valence-corrected chi connectivity index (χ0v) is 18.7. The summed E-state index contributed by atoms with van der Waals surface area (Å²) in [4.78, 5) is 20.5. The van der Waals surface area contributed by atoms with E-state index in [0.717, 1.165) is 51.9 Å². The Morgan fingerprint density at radius 2 is 1.94 bits per heavy atom. The average Bonchev–Trinajstić information content (AvgIpc) is 3.42. The van der Waals surface area contributed by atoms with Crippen LogP contribution >= 0.6 is 0 Å². The first kappa shape index (κ1) is 20.9. The first-order valence-corrected chi connectivity index (χ1v) is 12.7. The maximum absolute atomic E-state index is 13.7. The molecule has 2 aromatic heterocycles. The number of hydrogen-bond acceptors (Lipinski definition) is 5. The van der Waals surface area contributed by atoms with Gasteiger partial charge < -0.3 is 9.32 Å². The number of fused-ring (bicyclic) bond motifs is 2. The van der Waals surface area contributed by atoms with Gasteiger partial charge in [-0.3, -0.25) is 4.79 Å². The quantitative estimate of drug-likeness (QED) is 0.656. The molecule has 166 valence electrons. The SMILES string of the molecule is CS(=O)(=O)NC1CCN(C(=O)c2c3c(nc4ccccc24)/C(=C\c2ccco2)CC3)CC1. The van der Waals surface area contributed by atoms with Crippen molar-refractivity contribution >= 4 is 38.5 Å². The number of nitrogens with one attached hydrogen (secondary N) is 1. The molecule has 0 bridgehead atoms. The van der Waals surface area contributed by atoms with E-state index < -0.39 is 10.0 Å². The molecule has 1 aliphatic carbocycles. The second-order valence-electron chi connectivity index (χ2n) is 8.47. The molecule has 1 saturated heterocycles. The molecule has 8 heteroatoms. The van der Waals surface area contributed by atoms with Gasteiger partial charge in [-0.15, -0.1) is 0 Å². The Morgan fingerprint density at radius 3 is 2.66 bits per heavy atom. The minimum absolute atomic E-state index is 0.00287. The van der Waals surface area contributed by atoms with E-state index >= 15 is 0 Å². The number of pyridine rings is 1. The number of amides is 1. The zero-order valence-electron chi connectivity index (χ0n) is 17.9. The number of nitrogens with zero attached hydrogens (tertiary/aromatic N) is 2. The van der Waals surface area contributed by atoms with Crippen LogP contribution in [0.15, 0.2) is 47.1 Å². The number of rotatable bonds is 4. The fourth-order valence-electron chi connectivity index (χ4n) is 4.73. The zero-order chi connectivity index (χ0) is 22.3. The predicted octanol–water partition coefficient (Wildman–Crippen LogP) is 3.47. The van der Waals surface area contributed by atoms with E-state index in [0.29, 0.717) is 25.9 Å². The van der Waals surface area contributed by atoms with Gasteiger partial charge in [0.1, 0.15) is 5.76 Å². The molecule has 1 aromatic carbocycles. The molecule has 0 unspecified atom stereocenters. The molecule has 3 aromatic rings. The summed E-state index contributed by atoms with van der Waals surface area (Å²) >= 11 is 0. The molecule has 7 nitrogen and oxygen atoms in total. The molecule has 1 fully saturated rings. The number of carbonyl (C=O) groups excluding carboxylic acids is 1. The maximum atomic E-state index is 13.7. The lowest BCUT2D eigenvalue weighted by atomic mass is 9.98. The molecule has 0 spiro atoms. The highest BCUT2D eigenvalue weighted by Crippen LogP contribution is 2.38. The van der Waals surface area contributed by atoms with Crippen LogP contribution in [0.3, 0.4) is 0 Å². The third-order valence-corrected chi connectivity index (χ3v) is 6.94. The summed E-state index contributed by atoms with van der Waals surface area (Å²) in [6, 6.07) is 11.4. The molecule has 0 saturated carbocycles. The van der Waals surface area contributed by atoms with Crippen LogP contribution in [0.2, 0.25) is 0 Å². The van der Waals surface area contributed by atoms with E-state index in [2.05, 4.69) is 4.72 Å². The van der Waals surface area contributed by atoms with Crippen molar-refractivity contribution in [3.05, 3.63) is 65.2 Å². The Balaban J connectivity index is 1.50. The number of sulfonamides is 1. The molecule has 0 atom stereocenters. The van der Waals surface area contributed by atoms with E-state index in [-0.39, 0.29) is 11.9 Å². The summed E-state index contributed by atoms with van der Waals surface area (Å²) in [5.74, 6) is 0.771. The number of benzene rings is 1. The van der Waals surface area contributed by atoms with Crippen molar-refractivity contribution in [2.24, 2.45) is 0 Å². The summed E-state index contributed by atoms with van der Waals surface area (Å²) in [5, 5.41) is 0.867. The number of hydrogen-bond donors (Lipinski definition) is 1. The number of carbonyl (C=O) groups is 1. The number of furan rings is 1. The summed E-state index contributed by atoms with van der Waals surface area (Å²) in [7, 11) is -3.25. The molecular formula is C24H25N3O4S. The Bertz CT molecular complexity index is 1300. The highest BCUT2D eigenvalue weighted by Gasteiger charge is 2.31. The maximum Gasteiger partial charge on any atom is 0.254 e. The lowest BCUT2D eigenvalue weighted by Gasteiger charge is -2.32. The Kier molecular flexibility index (Phi) is 5.35. The molecular weight excluding hydrogens is 426 g/mol. The second-order valence-corrected chi connectivity index (χ2v) is 10.3. The summed E-state index contributed by atoms with van der Waals surface area (Å²) in [6.45, 7) is 1.04. The van der Waals surface area contributed by atoms with Gasteiger partial charge in [0.05, 0.1) is 29.3 Å². The van der Waals surface area contributed by atoms with Gasteiger partial charge in [-0.1, -0.05) is 18.2 Å². The minimum Gasteiger partial charge on any atom is -0.465 e. The van der Waals surface area contributed by atoms with Crippen molar-refractivity contribution < 1.29 is 17.6 Å². The first-order chi connectivity index (χ1) is 15.4. The van der Waals surface area contributed by atoms with Gasteiger partial charge in [-0.2, -0.15) is 0 Å². The number of piperidine rings is 1. The summed E-state index contributed by atoms with van der Waals surface area (Å²) < 4.78 is 31.2. The van der Waals surface area contributed by atoms with Crippen LogP contribution in [0.5, 0.6) is 0 Å². The first-order valence-electron chi connectivity index (χ1n) is 10.8. The monoisotopic (exact) mass is 451 g/mol. The van der Waals surface area contributed by atoms with Crippen molar-refractivity contribution in [1.29, 1.82) is 0 Å². The van der Waals surface area contributed by atoms with Crippen LogP contribution in [0, 0.1) is 0 Å². The molecule has 1 amide bonds. The predicted molar refractivity (Wildman–Crippen MR) is 124 cm³/mol. The van der Waals surface area contributed by atoms with Gasteiger partial charge in [0.2, 0.25) is 10.0 Å². The number of likely N-dealkylation sites (tertiary alicyclic amines) is 1. The van der Waals surface area contributed by atoms with E-state index in [1.165, 1.54) is 6.26 Å². The van der Waals surface area contributed by atoms with Crippen LogP contribution in [0.1, 0.15) is 46.6 Å². The molecule has 5 rings (SSSR count). The fourth-order valence-corrected chi connectivity index (χ4v) is 5.57. The third-order valence-electron chi connectivity index (χ3n) is 6.18. The number of para-hydroxylation sites is 1. The third kappa shape index (κ3) is 4.08. The standard InChI is InChI=1S/C24H25N3O4S/c1-32(29,30)26-17-10-12-27(13-11-17)24(28)22-19-6-2-3-7-21(19)25-23-16(8-9-20(22)23)15-18-5-4-14-31-18/h2-7,14-15,17,26H,8-13H2,1H3/b16-15-. The highest BCUT2D eigenvalue weighted by molar-refractivity contribution is 7.88. The van der Waals surface area contributed by atoms with Crippen molar-refractivity contribution in [2.45, 2.75) is 31.7 Å². The smallest absolute Gasteiger partial charge is 0.254 e. The van der Waals surface area contributed by atoms with Gasteiger partial charge in [-0.05, 0) is 61.1 Å². The van der Waals surface area contributed by atoms with Gasteiger partial charge >= 0.3 is 0 Å². The van der Waals surface area contributed by atoms with Gasteiger partial charge in [0, 0.05) is 24.5 Å². The fraction of sp³-hybridized carbons (Fsp3) is 0.333. The van der Waals surface area contributed by atoms with Crippen molar-refractivity contribution in [3.8, 4) is 0 Å². The Labute approximate surface area is 187 Å². The summed E-state index contributed by atoms with van der Waals surface area (Å²) in [5.41, 5.74) is 4.46. The Morgan fingerprint density at radius 1 is 1.16 bits per heavy atom. The lowest BCUT2D eigenvalue weighted by molar-refractivity contribution is 0.0712. The van der Waals surface area contributed by atoms with E-state index in [9.17, 15) is 13.2 Å². The van der Waals surface area contributed by atoms with Gasteiger partial charge in [-0.25, -0.2) is 18.1 Å². The highest BCUT2D eigenvalue weighted by atomic mass is 32.2. The van der Waals surface area contributed by atoms with Crippen LogP contribution in [-0.4, -0.2) is 49.6 Å². The minimum atomic E-state index is -3.25. The molecule has 0 radical (unpaired) electrons. The van der Waals surface area contributed by atoms with Crippen LogP contribution in [-0.2, 0) is 16.4 Å². The second kappa shape index (κ2) is 8.18. The molecule has 1 N–H and O–H groups in total. The van der Waals surface area contributed by atoms with Gasteiger partial charge in [0.25, 0.3) is 5.91 Å². The van der Waals surface area contributed by atoms with Crippen molar-refractivity contribution in [2.75, 3.05) is 19.3 Å². The summed E-state index contributed by atoms with van der Waals surface area (Å²) in [6.07, 6.45) is 7.59. The van der Waals surface area contributed by atoms with E-state index in [4.69, 9.17) is 9.40 Å². The van der Waals surface area contributed by atoms with Crippen LogP contribution in [0.4, 0.5) is 0 Å². The van der Waals surface area contributed by atoms with E-state index in [1.807, 2.05) is 47.4 Å². The molecule has 32 heavy (non-hydrogen) atoms. The van der Waals surface area contributed by atoms with Gasteiger partial charge in [0.15, 0.2) is 0 Å². The van der Waals surface area contributed by atoms with E-state index in [1.54, 1.807) is 6.26 Å². The largest absolute Gasteiger partial charge is 0.465 e. The van der Waals surface area contributed by atoms with Crippen LogP contribution < -0.4 is 4.72 Å². The lowest BCUT2D eigenvalue weighted by Crippen LogP contribution is -2.46. The van der Waals surface area contributed by atoms with Crippen molar-refractivity contribution in [1.82, 2.24) is 14.6 Å². The molecule has 1 aliphatic heterocycles. The van der Waals surface area contributed by atoms with Crippen molar-refractivity contribution in [3.63, 3.8) is 0 Å². The van der Waals surface area contributed by atoms with Crippen LogP contribution in [0.25, 0.3) is 22.6 Å². The Hall–Kier alpha value is -2.97. The molecule has 3 heterocycles. The number of aromatic nitrogens is 1. The number of allylic oxidation sites excluding steroid dienone is 1. The normalized spacial score (nSPS) is 18.4.